The van der Waals surface area contributed by atoms with Gasteiger partial charge in [0.05, 0.1) is 30.8 Å². The summed E-state index contributed by atoms with van der Waals surface area (Å²) in [5.74, 6) is 0.259. The predicted octanol–water partition coefficient (Wildman–Crippen LogP) is 3.29. The Morgan fingerprint density at radius 1 is 1.22 bits per heavy atom. The molecule has 0 saturated heterocycles. The summed E-state index contributed by atoms with van der Waals surface area (Å²) >= 11 is 0. The fourth-order valence-corrected chi connectivity index (χ4v) is 2.04. The van der Waals surface area contributed by atoms with E-state index in [4.69, 9.17) is 15.2 Å². The zero-order valence-electron chi connectivity index (χ0n) is 13.2. The number of ether oxygens (including phenoxy) is 2. The maximum atomic E-state index is 11.8. The van der Waals surface area contributed by atoms with Crippen molar-refractivity contribution >= 4 is 23.0 Å². The van der Waals surface area contributed by atoms with E-state index in [-0.39, 0.29) is 0 Å². The van der Waals surface area contributed by atoms with E-state index in [0.29, 0.717) is 29.4 Å². The van der Waals surface area contributed by atoms with E-state index in [0.717, 1.165) is 5.56 Å². The molecule has 0 heterocycles. The zero-order valence-corrected chi connectivity index (χ0v) is 13.2. The molecule has 0 spiro atoms. The maximum absolute atomic E-state index is 11.8. The minimum absolute atomic E-state index is 0.322. The van der Waals surface area contributed by atoms with Crippen molar-refractivity contribution in [1.82, 2.24) is 0 Å². The molecule has 0 bridgehead atoms. The van der Waals surface area contributed by atoms with Crippen molar-refractivity contribution in [2.24, 2.45) is 0 Å². The Labute approximate surface area is 135 Å². The molecule has 2 aromatic carbocycles. The quantitative estimate of drug-likeness (QED) is 0.486. The van der Waals surface area contributed by atoms with E-state index in [1.165, 1.54) is 6.08 Å². The molecule has 5 heteroatoms. The van der Waals surface area contributed by atoms with Crippen molar-refractivity contribution < 1.29 is 14.3 Å². The van der Waals surface area contributed by atoms with E-state index in [1.54, 1.807) is 32.2 Å². The number of nitrogen functional groups attached to an aromatic ring is 1. The highest BCUT2D eigenvalue weighted by Crippen LogP contribution is 2.27. The van der Waals surface area contributed by atoms with Crippen molar-refractivity contribution in [3.8, 4) is 5.75 Å². The van der Waals surface area contributed by atoms with Gasteiger partial charge in [-0.3, -0.25) is 0 Å². The lowest BCUT2D eigenvalue weighted by Crippen LogP contribution is -2.07. The van der Waals surface area contributed by atoms with Crippen molar-refractivity contribution in [2.45, 2.75) is 6.92 Å². The summed E-state index contributed by atoms with van der Waals surface area (Å²) in [6.07, 6.45) is 1.42. The molecule has 0 atom stereocenters. The lowest BCUT2D eigenvalue weighted by atomic mass is 10.1. The topological polar surface area (TPSA) is 73.6 Å². The van der Waals surface area contributed by atoms with Crippen LogP contribution in [0, 0.1) is 0 Å². The molecular formula is C18H20N2O3. The summed E-state index contributed by atoms with van der Waals surface area (Å²) in [5.41, 5.74) is 8.70. The summed E-state index contributed by atoms with van der Waals surface area (Å²) in [6, 6.07) is 14.8. The zero-order chi connectivity index (χ0) is 16.7. The van der Waals surface area contributed by atoms with Crippen LogP contribution in [0.15, 0.2) is 54.6 Å². The first kappa shape index (κ1) is 16.4. The summed E-state index contributed by atoms with van der Waals surface area (Å²) in [5, 5.41) is 3.18. The van der Waals surface area contributed by atoms with Crippen LogP contribution in [0.3, 0.4) is 0 Å². The second-order valence-corrected chi connectivity index (χ2v) is 4.75. The SMILES string of the molecule is CCOC(=O)/C=C(/Nc1ccc(OC)cc1N)c1ccccc1. The minimum Gasteiger partial charge on any atom is -0.497 e. The van der Waals surface area contributed by atoms with Crippen molar-refractivity contribution in [1.29, 1.82) is 0 Å². The van der Waals surface area contributed by atoms with Crippen molar-refractivity contribution in [2.75, 3.05) is 24.8 Å². The number of nitrogens with two attached hydrogens (primary N) is 1. The van der Waals surface area contributed by atoms with E-state index in [2.05, 4.69) is 5.32 Å². The van der Waals surface area contributed by atoms with Crippen LogP contribution < -0.4 is 15.8 Å². The highest BCUT2D eigenvalue weighted by molar-refractivity contribution is 5.95. The molecule has 3 N–H and O–H groups in total. The molecule has 0 fully saturated rings. The fraction of sp³-hybridized carbons (Fsp3) is 0.167. The maximum Gasteiger partial charge on any atom is 0.332 e. The van der Waals surface area contributed by atoms with Gasteiger partial charge in [-0.25, -0.2) is 4.79 Å². The van der Waals surface area contributed by atoms with Crippen LogP contribution in [0.1, 0.15) is 12.5 Å². The summed E-state index contributed by atoms with van der Waals surface area (Å²) in [7, 11) is 1.58. The lowest BCUT2D eigenvalue weighted by Gasteiger charge is -2.14. The number of hydrogen-bond donors (Lipinski definition) is 2. The van der Waals surface area contributed by atoms with Crippen LogP contribution in [0.4, 0.5) is 11.4 Å². The Hall–Kier alpha value is -2.95. The molecule has 23 heavy (non-hydrogen) atoms. The van der Waals surface area contributed by atoms with Gasteiger partial charge in [0.1, 0.15) is 5.75 Å². The van der Waals surface area contributed by atoms with Gasteiger partial charge in [-0.15, -0.1) is 0 Å². The second-order valence-electron chi connectivity index (χ2n) is 4.75. The first-order chi connectivity index (χ1) is 11.1. The molecule has 2 aromatic rings. The molecule has 2 rings (SSSR count). The van der Waals surface area contributed by atoms with Crippen molar-refractivity contribution in [3.05, 3.63) is 60.2 Å². The molecule has 0 radical (unpaired) electrons. The number of carbonyl (C=O) groups is 1. The van der Waals surface area contributed by atoms with Gasteiger partial charge < -0.3 is 20.5 Å². The molecule has 0 aromatic heterocycles. The molecule has 0 unspecified atom stereocenters. The third-order valence-corrected chi connectivity index (χ3v) is 3.16. The van der Waals surface area contributed by atoms with Gasteiger partial charge in [-0.1, -0.05) is 30.3 Å². The number of methoxy groups -OCH3 is 1. The van der Waals surface area contributed by atoms with E-state index in [9.17, 15) is 4.79 Å². The molecule has 5 nitrogen and oxygen atoms in total. The first-order valence-electron chi connectivity index (χ1n) is 7.28. The number of hydrogen-bond acceptors (Lipinski definition) is 5. The number of rotatable bonds is 6. The second kappa shape index (κ2) is 7.89. The number of nitrogens with one attached hydrogen (secondary N) is 1. The highest BCUT2D eigenvalue weighted by atomic mass is 16.5. The van der Waals surface area contributed by atoms with Crippen LogP contribution in [0.2, 0.25) is 0 Å². The van der Waals surface area contributed by atoms with Crippen LogP contribution in [0.25, 0.3) is 5.70 Å². The summed E-state index contributed by atoms with van der Waals surface area (Å²) < 4.78 is 10.1. The van der Waals surface area contributed by atoms with Crippen LogP contribution >= 0.6 is 0 Å². The molecule has 0 saturated carbocycles. The van der Waals surface area contributed by atoms with E-state index in [1.807, 2.05) is 30.3 Å². The monoisotopic (exact) mass is 312 g/mol. The molecule has 120 valence electrons. The normalized spacial score (nSPS) is 11.0. The fourth-order valence-electron chi connectivity index (χ4n) is 2.04. The highest BCUT2D eigenvalue weighted by Gasteiger charge is 2.08. The van der Waals surface area contributed by atoms with Gasteiger partial charge in [-0.2, -0.15) is 0 Å². The number of anilines is 2. The molecular weight excluding hydrogens is 292 g/mol. The number of benzene rings is 2. The Bertz CT molecular complexity index is 697. The number of esters is 1. The molecule has 0 amide bonds. The van der Waals surface area contributed by atoms with E-state index < -0.39 is 5.97 Å². The minimum atomic E-state index is -0.411. The van der Waals surface area contributed by atoms with E-state index >= 15 is 0 Å². The predicted molar refractivity (Wildman–Crippen MR) is 92.1 cm³/mol. The Balaban J connectivity index is 2.33. The summed E-state index contributed by atoms with van der Waals surface area (Å²) in [4.78, 5) is 11.8. The van der Waals surface area contributed by atoms with Crippen molar-refractivity contribution in [3.63, 3.8) is 0 Å². The Kier molecular flexibility index (Phi) is 5.63. The van der Waals surface area contributed by atoms with Gasteiger partial charge in [0.15, 0.2) is 0 Å². The Morgan fingerprint density at radius 3 is 2.57 bits per heavy atom. The summed E-state index contributed by atoms with van der Waals surface area (Å²) in [6.45, 7) is 2.09. The van der Waals surface area contributed by atoms with Gasteiger partial charge in [-0.05, 0) is 24.6 Å². The van der Waals surface area contributed by atoms with Crippen LogP contribution in [-0.4, -0.2) is 19.7 Å². The largest absolute Gasteiger partial charge is 0.497 e. The molecule has 0 aliphatic heterocycles. The van der Waals surface area contributed by atoms with Gasteiger partial charge >= 0.3 is 5.97 Å². The van der Waals surface area contributed by atoms with Gasteiger partial charge in [0, 0.05) is 12.1 Å². The van der Waals surface area contributed by atoms with Crippen LogP contribution in [-0.2, 0) is 9.53 Å². The van der Waals surface area contributed by atoms with Gasteiger partial charge in [0.25, 0.3) is 0 Å². The Morgan fingerprint density at radius 2 is 1.96 bits per heavy atom. The smallest absolute Gasteiger partial charge is 0.332 e. The lowest BCUT2D eigenvalue weighted by molar-refractivity contribution is -0.137. The van der Waals surface area contributed by atoms with Gasteiger partial charge in [0.2, 0.25) is 0 Å². The molecule has 0 aliphatic carbocycles. The first-order valence-corrected chi connectivity index (χ1v) is 7.28. The third-order valence-electron chi connectivity index (χ3n) is 3.16. The van der Waals surface area contributed by atoms with Crippen LogP contribution in [0.5, 0.6) is 5.75 Å². The molecule has 0 aliphatic rings. The average molecular weight is 312 g/mol. The number of carbonyl (C=O) groups excluding carboxylic acids is 1. The standard InChI is InChI=1S/C18H20N2O3/c1-3-23-18(21)12-17(13-7-5-4-6-8-13)20-16-10-9-14(22-2)11-15(16)19/h4-12,20H,3,19H2,1-2H3/b17-12+. The average Bonchev–Trinajstić information content (AvgIpc) is 2.57. The third kappa shape index (κ3) is 4.51.